The van der Waals surface area contributed by atoms with Crippen molar-refractivity contribution in [3.8, 4) is 5.75 Å². The predicted octanol–water partition coefficient (Wildman–Crippen LogP) is 3.65. The fraction of sp³-hybridized carbons (Fsp3) is 0.378. The molecule has 3 aliphatic rings. The summed E-state index contributed by atoms with van der Waals surface area (Å²) in [7, 11) is 1.53. The van der Waals surface area contributed by atoms with Crippen molar-refractivity contribution in [2.24, 2.45) is 5.92 Å². The van der Waals surface area contributed by atoms with Crippen molar-refractivity contribution in [3.05, 3.63) is 101 Å². The Kier molecular flexibility index (Phi) is 9.45. The number of methoxy groups -OCH3 is 1. The maximum Gasteiger partial charge on any atom is 0.264 e. The van der Waals surface area contributed by atoms with E-state index < -0.39 is 17.4 Å². The fourth-order valence-corrected chi connectivity index (χ4v) is 6.95. The van der Waals surface area contributed by atoms with Gasteiger partial charge in [0.05, 0.1) is 38.0 Å². The van der Waals surface area contributed by atoms with Gasteiger partial charge < -0.3 is 35.4 Å². The average molecular weight is 639 g/mol. The molecule has 4 N–H and O–H groups in total. The predicted molar refractivity (Wildman–Crippen MR) is 179 cm³/mol. The third-order valence-electron chi connectivity index (χ3n) is 9.65. The molecular formula is C37H42N4O6. The molecule has 0 radical (unpaired) electrons. The summed E-state index contributed by atoms with van der Waals surface area (Å²) in [6.07, 6.45) is 5.82. The lowest BCUT2D eigenvalue weighted by atomic mass is 9.82. The molecule has 4 atom stereocenters. The van der Waals surface area contributed by atoms with Gasteiger partial charge in [0.2, 0.25) is 11.8 Å². The average Bonchev–Trinajstić information content (AvgIpc) is 3.71. The van der Waals surface area contributed by atoms with Crippen LogP contribution in [0, 0.1) is 5.92 Å². The number of nitrogens with zero attached hydrogens (tertiary/aromatic N) is 2. The molecule has 10 nitrogen and oxygen atoms in total. The van der Waals surface area contributed by atoms with Crippen molar-refractivity contribution in [3.63, 3.8) is 0 Å². The summed E-state index contributed by atoms with van der Waals surface area (Å²) in [5.74, 6) is -0.875. The minimum atomic E-state index is -1.90. The molecule has 246 valence electrons. The minimum absolute atomic E-state index is 0.0663. The van der Waals surface area contributed by atoms with Crippen molar-refractivity contribution in [1.29, 1.82) is 0 Å². The lowest BCUT2D eigenvalue weighted by Crippen LogP contribution is -2.46. The van der Waals surface area contributed by atoms with Crippen LogP contribution in [0.2, 0.25) is 0 Å². The molecule has 1 fully saturated rings. The third kappa shape index (κ3) is 6.41. The molecule has 3 aromatic rings. The number of benzene rings is 3. The Morgan fingerprint density at radius 1 is 1.13 bits per heavy atom. The Labute approximate surface area is 275 Å². The summed E-state index contributed by atoms with van der Waals surface area (Å²) in [5.41, 5.74) is 2.72. The van der Waals surface area contributed by atoms with Crippen LogP contribution in [0.1, 0.15) is 48.4 Å². The van der Waals surface area contributed by atoms with Crippen molar-refractivity contribution in [2.45, 2.75) is 63.4 Å². The summed E-state index contributed by atoms with van der Waals surface area (Å²) >= 11 is 0. The molecule has 0 aromatic heterocycles. The van der Waals surface area contributed by atoms with Crippen LogP contribution in [0.5, 0.6) is 5.75 Å². The highest BCUT2D eigenvalue weighted by molar-refractivity contribution is 6.07. The highest BCUT2D eigenvalue weighted by atomic mass is 16.5. The number of ether oxygens (including phenoxy) is 1. The second-order valence-electron chi connectivity index (χ2n) is 12.6. The van der Waals surface area contributed by atoms with E-state index in [1.807, 2.05) is 48.5 Å². The maximum atomic E-state index is 14.1. The first kappa shape index (κ1) is 32.4. The Balaban J connectivity index is 1.19. The van der Waals surface area contributed by atoms with Crippen LogP contribution in [0.15, 0.2) is 78.9 Å². The number of anilines is 2. The molecule has 47 heavy (non-hydrogen) atoms. The number of carbonyl (C=O) groups excluding carboxylic acids is 3. The van der Waals surface area contributed by atoms with E-state index in [0.29, 0.717) is 35.7 Å². The van der Waals surface area contributed by atoms with E-state index >= 15 is 0 Å². The van der Waals surface area contributed by atoms with Crippen LogP contribution in [-0.4, -0.2) is 65.2 Å². The quantitative estimate of drug-likeness (QED) is 0.250. The van der Waals surface area contributed by atoms with E-state index in [0.717, 1.165) is 36.1 Å². The summed E-state index contributed by atoms with van der Waals surface area (Å²) < 4.78 is 5.45. The van der Waals surface area contributed by atoms with E-state index in [-0.39, 0.29) is 43.5 Å². The number of hydrogen-bond donors (Lipinski definition) is 4. The third-order valence-corrected chi connectivity index (χ3v) is 9.65. The van der Waals surface area contributed by atoms with Gasteiger partial charge in [0.15, 0.2) is 5.60 Å². The number of hydrogen-bond acceptors (Lipinski definition) is 7. The fourth-order valence-electron chi connectivity index (χ4n) is 6.95. The van der Waals surface area contributed by atoms with Crippen LogP contribution < -0.4 is 20.3 Å². The maximum absolute atomic E-state index is 14.1. The number of aliphatic hydroxyl groups excluding tert-OH is 1. The molecule has 1 saturated heterocycles. The number of rotatable bonds is 10. The van der Waals surface area contributed by atoms with Gasteiger partial charge in [0.1, 0.15) is 5.75 Å². The molecule has 0 saturated carbocycles. The van der Waals surface area contributed by atoms with Gasteiger partial charge in [0.25, 0.3) is 5.91 Å². The standard InChI is InChI=1S/C37H42N4O6/c1-24(8-5-14-34(43)40-22-27-11-4-3-10-26(27)19-29(40)23-42)37(46)31-20-30(47-2)15-16-33(31)41(36(37)45)21-25-9-6-12-28(18-25)39-35(44)32-13-7-17-38-32/h3-6,8-12,15-16,18,20,24,29,32,38,42,46H,7,13-14,17,19,21-23H2,1-2H3,(H,39,44)/b8-5+/t24-,29+,32-,37+/m1/s1. The van der Waals surface area contributed by atoms with Gasteiger partial charge >= 0.3 is 0 Å². The normalized spacial score (nSPS) is 22.7. The number of fused-ring (bicyclic) bond motifs is 2. The smallest absolute Gasteiger partial charge is 0.264 e. The zero-order chi connectivity index (χ0) is 33.1. The lowest BCUT2D eigenvalue weighted by molar-refractivity contribution is -0.139. The molecule has 0 bridgehead atoms. The Hall–Kier alpha value is -4.51. The van der Waals surface area contributed by atoms with Crippen LogP contribution >= 0.6 is 0 Å². The first-order chi connectivity index (χ1) is 22.7. The van der Waals surface area contributed by atoms with E-state index in [2.05, 4.69) is 10.6 Å². The van der Waals surface area contributed by atoms with Crippen molar-refractivity contribution < 1.29 is 29.3 Å². The topological polar surface area (TPSA) is 131 Å². The summed E-state index contributed by atoms with van der Waals surface area (Å²) in [6, 6.07) is 20.0. The Morgan fingerprint density at radius 2 is 1.94 bits per heavy atom. The Morgan fingerprint density at radius 3 is 2.68 bits per heavy atom. The van der Waals surface area contributed by atoms with E-state index in [1.165, 1.54) is 7.11 Å². The number of nitrogens with one attached hydrogen (secondary N) is 2. The summed E-state index contributed by atoms with van der Waals surface area (Å²) in [6.45, 7) is 3.06. The second kappa shape index (κ2) is 13.7. The van der Waals surface area contributed by atoms with Gasteiger partial charge in [-0.05, 0) is 72.8 Å². The van der Waals surface area contributed by atoms with Gasteiger partial charge in [-0.2, -0.15) is 0 Å². The lowest BCUT2D eigenvalue weighted by Gasteiger charge is -2.36. The molecule has 3 amide bonds. The molecule has 3 aliphatic heterocycles. The first-order valence-corrected chi connectivity index (χ1v) is 16.2. The highest BCUT2D eigenvalue weighted by Crippen LogP contribution is 2.47. The first-order valence-electron chi connectivity index (χ1n) is 16.2. The minimum Gasteiger partial charge on any atom is -0.497 e. The van der Waals surface area contributed by atoms with Gasteiger partial charge in [-0.3, -0.25) is 14.4 Å². The monoisotopic (exact) mass is 638 g/mol. The van der Waals surface area contributed by atoms with Crippen molar-refractivity contribution in [1.82, 2.24) is 10.2 Å². The van der Waals surface area contributed by atoms with Crippen molar-refractivity contribution >= 4 is 29.1 Å². The SMILES string of the molecule is COc1ccc2c(c1)[C@@](O)([C@H](C)/C=C/CC(=O)N1Cc3ccccc3C[C@H]1CO)C(=O)N2Cc1cccc(NC(=O)[C@H]2CCCN2)c1. The van der Waals surface area contributed by atoms with Gasteiger partial charge in [-0.25, -0.2) is 0 Å². The van der Waals surface area contributed by atoms with Gasteiger partial charge in [0, 0.05) is 30.1 Å². The molecule has 0 unspecified atom stereocenters. The Bertz CT molecular complexity index is 1680. The van der Waals surface area contributed by atoms with Crippen LogP contribution in [-0.2, 0) is 39.5 Å². The largest absolute Gasteiger partial charge is 0.497 e. The van der Waals surface area contributed by atoms with E-state index in [4.69, 9.17) is 4.74 Å². The van der Waals surface area contributed by atoms with E-state index in [9.17, 15) is 24.6 Å². The zero-order valence-corrected chi connectivity index (χ0v) is 26.8. The number of carbonyl (C=O) groups is 3. The molecule has 0 spiro atoms. The molecule has 10 heteroatoms. The van der Waals surface area contributed by atoms with Crippen LogP contribution in [0.3, 0.4) is 0 Å². The van der Waals surface area contributed by atoms with E-state index in [1.54, 1.807) is 47.1 Å². The highest BCUT2D eigenvalue weighted by Gasteiger charge is 2.52. The van der Waals surface area contributed by atoms with Crippen molar-refractivity contribution in [2.75, 3.05) is 30.5 Å². The second-order valence-corrected chi connectivity index (χ2v) is 12.6. The summed E-state index contributed by atoms with van der Waals surface area (Å²) in [4.78, 5) is 43.4. The molecule has 3 aromatic carbocycles. The van der Waals surface area contributed by atoms with Gasteiger partial charge in [-0.15, -0.1) is 0 Å². The zero-order valence-electron chi connectivity index (χ0n) is 26.8. The number of aliphatic hydroxyl groups is 2. The van der Waals surface area contributed by atoms with Gasteiger partial charge in [-0.1, -0.05) is 55.5 Å². The molecule has 3 heterocycles. The molecule has 6 rings (SSSR count). The molecular weight excluding hydrogens is 596 g/mol. The number of amides is 3. The van der Waals surface area contributed by atoms with Crippen LogP contribution in [0.4, 0.5) is 11.4 Å². The molecule has 0 aliphatic carbocycles. The van der Waals surface area contributed by atoms with Crippen LogP contribution in [0.25, 0.3) is 0 Å². The summed E-state index contributed by atoms with van der Waals surface area (Å²) in [5, 5.41) is 28.3.